The van der Waals surface area contributed by atoms with Crippen LogP contribution in [-0.2, 0) is 4.79 Å². The molecule has 2 aromatic rings. The normalized spacial score (nSPS) is 11.2. The van der Waals surface area contributed by atoms with E-state index in [-0.39, 0.29) is 12.5 Å². The molecule has 1 amide bonds. The van der Waals surface area contributed by atoms with Crippen molar-refractivity contribution in [2.24, 2.45) is 5.10 Å². The average Bonchev–Trinajstić information content (AvgIpc) is 2.52. The number of carbonyl (C=O) groups excluding carboxylic acids is 1. The summed E-state index contributed by atoms with van der Waals surface area (Å²) in [5.41, 5.74) is 5.15. The molecule has 0 unspecified atom stereocenters. The first-order valence-electron chi connectivity index (χ1n) is 6.94. The Balaban J connectivity index is 1.89. The Morgan fingerprint density at radius 1 is 1.26 bits per heavy atom. The summed E-state index contributed by atoms with van der Waals surface area (Å²) in [6.45, 7) is 3.68. The van der Waals surface area contributed by atoms with Gasteiger partial charge in [-0.15, -0.1) is 0 Å². The van der Waals surface area contributed by atoms with Crippen molar-refractivity contribution < 1.29 is 9.53 Å². The van der Waals surface area contributed by atoms with Crippen LogP contribution in [0.2, 0.25) is 5.02 Å². The number of halogens is 2. The molecule has 0 aromatic heterocycles. The number of hydrazone groups is 1. The van der Waals surface area contributed by atoms with E-state index in [4.69, 9.17) is 16.3 Å². The lowest BCUT2D eigenvalue weighted by Crippen LogP contribution is -2.25. The van der Waals surface area contributed by atoms with Gasteiger partial charge in [-0.05, 0) is 65.2 Å². The zero-order valence-electron chi connectivity index (χ0n) is 12.8. The third-order valence-corrected chi connectivity index (χ3v) is 3.93. The molecular weight excluding hydrogens is 380 g/mol. The van der Waals surface area contributed by atoms with Crippen molar-refractivity contribution in [1.82, 2.24) is 5.43 Å². The highest BCUT2D eigenvalue weighted by Crippen LogP contribution is 2.25. The van der Waals surface area contributed by atoms with Gasteiger partial charge in [-0.2, -0.15) is 5.10 Å². The molecule has 0 radical (unpaired) electrons. The SMILES string of the molecule is C/C(=N/NC(=O)COc1ccc(C)cc1Br)c1ccc(Cl)cc1. The van der Waals surface area contributed by atoms with E-state index in [1.54, 1.807) is 19.1 Å². The highest BCUT2D eigenvalue weighted by Gasteiger charge is 2.06. The Morgan fingerprint density at radius 2 is 1.96 bits per heavy atom. The third-order valence-electron chi connectivity index (χ3n) is 3.06. The Morgan fingerprint density at radius 3 is 2.61 bits per heavy atom. The van der Waals surface area contributed by atoms with Crippen molar-refractivity contribution >= 4 is 39.1 Å². The number of rotatable bonds is 5. The number of carbonyl (C=O) groups is 1. The van der Waals surface area contributed by atoms with Gasteiger partial charge in [-0.3, -0.25) is 4.79 Å². The molecule has 4 nitrogen and oxygen atoms in total. The van der Waals surface area contributed by atoms with Crippen molar-refractivity contribution in [3.63, 3.8) is 0 Å². The van der Waals surface area contributed by atoms with Gasteiger partial charge in [0.05, 0.1) is 10.2 Å². The number of benzene rings is 2. The minimum absolute atomic E-state index is 0.112. The Hall–Kier alpha value is -1.85. The van der Waals surface area contributed by atoms with Crippen LogP contribution in [0.5, 0.6) is 5.75 Å². The number of nitrogens with zero attached hydrogens (tertiary/aromatic N) is 1. The number of hydrogen-bond acceptors (Lipinski definition) is 3. The van der Waals surface area contributed by atoms with Crippen LogP contribution in [0.4, 0.5) is 0 Å². The molecule has 0 fully saturated rings. The number of aryl methyl sites for hydroxylation is 1. The van der Waals surface area contributed by atoms with E-state index in [9.17, 15) is 4.79 Å². The van der Waals surface area contributed by atoms with Crippen LogP contribution in [0.25, 0.3) is 0 Å². The van der Waals surface area contributed by atoms with Gasteiger partial charge in [0.25, 0.3) is 5.91 Å². The molecule has 2 rings (SSSR count). The molecule has 6 heteroatoms. The monoisotopic (exact) mass is 394 g/mol. The van der Waals surface area contributed by atoms with Crippen molar-refractivity contribution in [1.29, 1.82) is 0 Å². The second-order valence-corrected chi connectivity index (χ2v) is 6.25. The molecule has 0 saturated heterocycles. The number of ether oxygens (including phenoxy) is 1. The highest BCUT2D eigenvalue weighted by atomic mass is 79.9. The maximum Gasteiger partial charge on any atom is 0.277 e. The van der Waals surface area contributed by atoms with Crippen LogP contribution < -0.4 is 10.2 Å². The van der Waals surface area contributed by atoms with Gasteiger partial charge < -0.3 is 4.74 Å². The van der Waals surface area contributed by atoms with E-state index in [2.05, 4.69) is 26.5 Å². The Kier molecular flexibility index (Phi) is 6.19. The second-order valence-electron chi connectivity index (χ2n) is 4.96. The summed E-state index contributed by atoms with van der Waals surface area (Å²) in [5, 5.41) is 4.71. The maximum atomic E-state index is 11.8. The minimum Gasteiger partial charge on any atom is -0.483 e. The fourth-order valence-electron chi connectivity index (χ4n) is 1.80. The van der Waals surface area contributed by atoms with Crippen molar-refractivity contribution in [3.05, 3.63) is 63.1 Å². The fourth-order valence-corrected chi connectivity index (χ4v) is 2.53. The fraction of sp³-hybridized carbons (Fsp3) is 0.176. The standard InChI is InChI=1S/C17H16BrClN2O2/c1-11-3-8-16(15(18)9-11)23-10-17(22)21-20-12(2)13-4-6-14(19)7-5-13/h3-9H,10H2,1-2H3,(H,21,22)/b20-12-. The topological polar surface area (TPSA) is 50.7 Å². The Bertz CT molecular complexity index is 730. The molecule has 0 bridgehead atoms. The molecule has 0 heterocycles. The summed E-state index contributed by atoms with van der Waals surface area (Å²) in [4.78, 5) is 11.8. The van der Waals surface area contributed by atoms with Gasteiger partial charge in [0.15, 0.2) is 6.61 Å². The summed E-state index contributed by atoms with van der Waals surface area (Å²) in [7, 11) is 0. The first-order chi connectivity index (χ1) is 11.0. The predicted molar refractivity (Wildman–Crippen MR) is 96.2 cm³/mol. The van der Waals surface area contributed by atoms with E-state index >= 15 is 0 Å². The Labute approximate surface area is 148 Å². The highest BCUT2D eigenvalue weighted by molar-refractivity contribution is 9.10. The molecule has 0 saturated carbocycles. The molecule has 0 aliphatic carbocycles. The predicted octanol–water partition coefficient (Wildman–Crippen LogP) is 4.33. The van der Waals surface area contributed by atoms with Crippen LogP contribution in [0.3, 0.4) is 0 Å². The quantitative estimate of drug-likeness (QED) is 0.605. The first kappa shape index (κ1) is 17.5. The average molecular weight is 396 g/mol. The molecule has 120 valence electrons. The summed E-state index contributed by atoms with van der Waals surface area (Å²) >= 11 is 9.24. The van der Waals surface area contributed by atoms with Crippen LogP contribution >= 0.6 is 27.5 Å². The van der Waals surface area contributed by atoms with Crippen molar-refractivity contribution in [3.8, 4) is 5.75 Å². The number of nitrogens with one attached hydrogen (secondary N) is 1. The van der Waals surface area contributed by atoms with E-state index in [0.29, 0.717) is 16.5 Å². The number of amides is 1. The zero-order chi connectivity index (χ0) is 16.8. The smallest absolute Gasteiger partial charge is 0.277 e. The second kappa shape index (κ2) is 8.13. The van der Waals surface area contributed by atoms with Gasteiger partial charge in [-0.25, -0.2) is 5.43 Å². The van der Waals surface area contributed by atoms with Crippen molar-refractivity contribution in [2.75, 3.05) is 6.61 Å². The largest absolute Gasteiger partial charge is 0.483 e. The molecule has 23 heavy (non-hydrogen) atoms. The summed E-state index contributed by atoms with van der Waals surface area (Å²) < 4.78 is 6.27. The van der Waals surface area contributed by atoms with E-state index in [0.717, 1.165) is 15.6 Å². The van der Waals surface area contributed by atoms with Crippen LogP contribution in [0.1, 0.15) is 18.1 Å². The molecule has 1 N–H and O–H groups in total. The molecular formula is C17H16BrClN2O2. The third kappa shape index (κ3) is 5.37. The minimum atomic E-state index is -0.328. The van der Waals surface area contributed by atoms with Crippen LogP contribution in [-0.4, -0.2) is 18.2 Å². The van der Waals surface area contributed by atoms with Gasteiger partial charge in [0.2, 0.25) is 0 Å². The molecule has 2 aromatic carbocycles. The summed E-state index contributed by atoms with van der Waals surface area (Å²) in [5.74, 6) is 0.287. The molecule has 0 aliphatic heterocycles. The molecule has 0 spiro atoms. The summed E-state index contributed by atoms with van der Waals surface area (Å²) in [6.07, 6.45) is 0. The van der Waals surface area contributed by atoms with Crippen LogP contribution in [0.15, 0.2) is 52.0 Å². The van der Waals surface area contributed by atoms with E-state index in [1.165, 1.54) is 0 Å². The van der Waals surface area contributed by atoms with Gasteiger partial charge in [-0.1, -0.05) is 29.8 Å². The molecule has 0 aliphatic rings. The number of hydrogen-bond donors (Lipinski definition) is 1. The van der Waals surface area contributed by atoms with Crippen LogP contribution in [0, 0.1) is 6.92 Å². The first-order valence-corrected chi connectivity index (χ1v) is 8.11. The van der Waals surface area contributed by atoms with E-state index in [1.807, 2.05) is 37.3 Å². The zero-order valence-corrected chi connectivity index (χ0v) is 15.1. The lowest BCUT2D eigenvalue weighted by Gasteiger charge is -2.08. The lowest BCUT2D eigenvalue weighted by molar-refractivity contribution is -0.123. The molecule has 0 atom stereocenters. The maximum absolute atomic E-state index is 11.8. The van der Waals surface area contributed by atoms with Crippen molar-refractivity contribution in [2.45, 2.75) is 13.8 Å². The summed E-state index contributed by atoms with van der Waals surface area (Å²) in [6, 6.07) is 12.9. The lowest BCUT2D eigenvalue weighted by atomic mass is 10.1. The van der Waals surface area contributed by atoms with Gasteiger partial charge in [0, 0.05) is 5.02 Å². The van der Waals surface area contributed by atoms with E-state index < -0.39 is 0 Å². The van der Waals surface area contributed by atoms with Gasteiger partial charge in [0.1, 0.15) is 5.75 Å². The van der Waals surface area contributed by atoms with Gasteiger partial charge >= 0.3 is 0 Å².